The number of aromatic nitrogens is 3. The van der Waals surface area contributed by atoms with Crippen molar-refractivity contribution >= 4 is 17.7 Å². The van der Waals surface area contributed by atoms with E-state index in [1.807, 2.05) is 32.3 Å². The van der Waals surface area contributed by atoms with Gasteiger partial charge < -0.3 is 9.88 Å². The van der Waals surface area contributed by atoms with Crippen molar-refractivity contribution in [3.8, 4) is 17.5 Å². The van der Waals surface area contributed by atoms with E-state index in [0.29, 0.717) is 23.1 Å². The highest BCUT2D eigenvalue weighted by Gasteiger charge is 2.30. The van der Waals surface area contributed by atoms with Gasteiger partial charge in [0.15, 0.2) is 11.0 Å². The molecule has 1 aromatic carbocycles. The molecule has 6 nitrogen and oxygen atoms in total. The smallest absolute Gasteiger partial charge is 0.231 e. The van der Waals surface area contributed by atoms with Crippen LogP contribution in [0, 0.1) is 29.0 Å². The summed E-state index contributed by atoms with van der Waals surface area (Å²) in [5.74, 6) is 0.183. The minimum absolute atomic E-state index is 0.0243. The van der Waals surface area contributed by atoms with Crippen molar-refractivity contribution < 1.29 is 9.18 Å². The number of nitriles is 1. The van der Waals surface area contributed by atoms with E-state index in [0.717, 1.165) is 0 Å². The summed E-state index contributed by atoms with van der Waals surface area (Å²) < 4.78 is 16.1. The van der Waals surface area contributed by atoms with E-state index in [-0.39, 0.29) is 29.3 Å². The third kappa shape index (κ3) is 5.10. The average Bonchev–Trinajstić information content (AvgIpc) is 3.01. The lowest BCUT2D eigenvalue weighted by molar-refractivity contribution is -0.120. The largest absolute Gasteiger partial charge is 0.337 e. The molecule has 1 N–H and O–H groups in total. The summed E-state index contributed by atoms with van der Waals surface area (Å²) in [7, 11) is 0. The summed E-state index contributed by atoms with van der Waals surface area (Å²) in [5.41, 5.74) is -0.550. The zero-order valence-electron chi connectivity index (χ0n) is 16.9. The van der Waals surface area contributed by atoms with Crippen LogP contribution in [0.15, 0.2) is 29.4 Å². The fraction of sp³-hybridized carbons (Fsp3) is 0.500. The predicted molar refractivity (Wildman–Crippen MR) is 108 cm³/mol. The number of nitrogens with zero attached hydrogens (tertiary/aromatic N) is 4. The van der Waals surface area contributed by atoms with Crippen molar-refractivity contribution in [2.45, 2.75) is 51.9 Å². The Morgan fingerprint density at radius 3 is 2.57 bits per heavy atom. The zero-order valence-corrected chi connectivity index (χ0v) is 17.7. The zero-order chi connectivity index (χ0) is 20.9. The van der Waals surface area contributed by atoms with E-state index in [1.54, 1.807) is 25.1 Å². The normalized spacial score (nSPS) is 13.4. The molecule has 2 aromatic rings. The predicted octanol–water partition coefficient (Wildman–Crippen LogP) is 3.89. The molecule has 1 aromatic heterocycles. The lowest BCUT2D eigenvalue weighted by atomic mass is 9.90. The third-order valence-electron chi connectivity index (χ3n) is 4.50. The van der Waals surface area contributed by atoms with Gasteiger partial charge in [-0.15, -0.1) is 10.2 Å². The first-order valence-corrected chi connectivity index (χ1v) is 10.2. The first kappa shape index (κ1) is 21.9. The summed E-state index contributed by atoms with van der Waals surface area (Å²) >= 11 is 1.23. The average molecular weight is 404 g/mol. The fourth-order valence-corrected chi connectivity index (χ4v) is 3.27. The van der Waals surface area contributed by atoms with Gasteiger partial charge in [-0.05, 0) is 30.9 Å². The van der Waals surface area contributed by atoms with Crippen LogP contribution in [0.2, 0.25) is 0 Å². The monoisotopic (exact) mass is 403 g/mol. The van der Waals surface area contributed by atoms with Crippen LogP contribution in [-0.2, 0) is 11.3 Å². The van der Waals surface area contributed by atoms with Gasteiger partial charge in [0.1, 0.15) is 11.4 Å². The molecule has 0 bridgehead atoms. The van der Waals surface area contributed by atoms with Gasteiger partial charge in [0.25, 0.3) is 0 Å². The molecule has 8 heteroatoms. The molecule has 0 saturated carbocycles. The Morgan fingerprint density at radius 1 is 1.32 bits per heavy atom. The summed E-state index contributed by atoms with van der Waals surface area (Å²) in [6, 6.07) is 8.59. The minimum atomic E-state index is -0.929. The quantitative estimate of drug-likeness (QED) is 0.676. The van der Waals surface area contributed by atoms with Gasteiger partial charge in [-0.1, -0.05) is 51.6 Å². The standard InChI is InChI=1S/C20H26FN5OS/c1-13(2)10-26-18(15-8-6-7-9-16(15)21)24-25-19(26)28-11-17(27)23-20(5,12-22)14(3)4/h6-9,13-14H,10-11H2,1-5H3,(H,23,27). The summed E-state index contributed by atoms with van der Waals surface area (Å²) in [6.07, 6.45) is 0. The van der Waals surface area contributed by atoms with Gasteiger partial charge in [0.2, 0.25) is 5.91 Å². The summed E-state index contributed by atoms with van der Waals surface area (Å²) in [6.45, 7) is 10.2. The summed E-state index contributed by atoms with van der Waals surface area (Å²) in [5, 5.41) is 21.0. The van der Waals surface area contributed by atoms with Crippen molar-refractivity contribution in [2.75, 3.05) is 5.75 Å². The molecule has 0 spiro atoms. The van der Waals surface area contributed by atoms with Crippen LogP contribution >= 0.6 is 11.8 Å². The van der Waals surface area contributed by atoms with E-state index in [2.05, 4.69) is 21.6 Å². The van der Waals surface area contributed by atoms with Gasteiger partial charge >= 0.3 is 0 Å². The number of benzene rings is 1. The number of amides is 1. The number of carbonyl (C=O) groups excluding carboxylic acids is 1. The number of hydrogen-bond acceptors (Lipinski definition) is 5. The molecule has 2 rings (SSSR count). The Kier molecular flexibility index (Phi) is 7.19. The van der Waals surface area contributed by atoms with E-state index in [9.17, 15) is 14.4 Å². The molecular weight excluding hydrogens is 377 g/mol. The molecule has 1 heterocycles. The van der Waals surface area contributed by atoms with Crippen LogP contribution in [0.25, 0.3) is 11.4 Å². The molecule has 0 saturated heterocycles. The molecule has 28 heavy (non-hydrogen) atoms. The number of thioether (sulfide) groups is 1. The van der Waals surface area contributed by atoms with Gasteiger partial charge in [-0.2, -0.15) is 5.26 Å². The van der Waals surface area contributed by atoms with Gasteiger partial charge in [0, 0.05) is 6.54 Å². The van der Waals surface area contributed by atoms with E-state index in [4.69, 9.17) is 0 Å². The van der Waals surface area contributed by atoms with Gasteiger partial charge in [0.05, 0.1) is 17.4 Å². The molecule has 150 valence electrons. The van der Waals surface area contributed by atoms with E-state index in [1.165, 1.54) is 17.8 Å². The number of halogens is 1. The first-order chi connectivity index (χ1) is 13.2. The second-order valence-electron chi connectivity index (χ2n) is 7.60. The number of rotatable bonds is 8. The molecule has 1 amide bonds. The molecule has 1 atom stereocenters. The van der Waals surface area contributed by atoms with Crippen LogP contribution in [0.5, 0.6) is 0 Å². The molecule has 0 fully saturated rings. The highest BCUT2D eigenvalue weighted by atomic mass is 32.2. The molecule has 1 unspecified atom stereocenters. The lowest BCUT2D eigenvalue weighted by Crippen LogP contribution is -2.49. The van der Waals surface area contributed by atoms with Crippen molar-refractivity contribution in [3.63, 3.8) is 0 Å². The van der Waals surface area contributed by atoms with E-state index < -0.39 is 5.54 Å². The van der Waals surface area contributed by atoms with Crippen molar-refractivity contribution in [1.82, 2.24) is 20.1 Å². The SMILES string of the molecule is CC(C)Cn1c(SCC(=O)NC(C)(C#N)C(C)C)nnc1-c1ccccc1F. The van der Waals surface area contributed by atoms with Gasteiger partial charge in [-0.25, -0.2) is 4.39 Å². The Morgan fingerprint density at radius 2 is 2.00 bits per heavy atom. The lowest BCUT2D eigenvalue weighted by Gasteiger charge is -2.27. The van der Waals surface area contributed by atoms with E-state index >= 15 is 0 Å². The van der Waals surface area contributed by atoms with Crippen LogP contribution in [-0.4, -0.2) is 32.0 Å². The van der Waals surface area contributed by atoms with Gasteiger partial charge in [-0.3, -0.25) is 4.79 Å². The number of nitrogens with one attached hydrogen (secondary N) is 1. The Labute approximate surface area is 169 Å². The third-order valence-corrected chi connectivity index (χ3v) is 5.46. The van der Waals surface area contributed by atoms with Crippen LogP contribution < -0.4 is 5.32 Å². The number of hydrogen-bond donors (Lipinski definition) is 1. The molecule has 0 aliphatic heterocycles. The topological polar surface area (TPSA) is 83.6 Å². The highest BCUT2D eigenvalue weighted by molar-refractivity contribution is 7.99. The van der Waals surface area contributed by atoms with Crippen molar-refractivity contribution in [3.05, 3.63) is 30.1 Å². The molecule has 0 aliphatic rings. The second-order valence-corrected chi connectivity index (χ2v) is 8.54. The first-order valence-electron chi connectivity index (χ1n) is 9.21. The molecule has 0 aliphatic carbocycles. The fourth-order valence-electron chi connectivity index (χ4n) is 2.52. The Hall–Kier alpha value is -2.40. The Balaban J connectivity index is 2.21. The highest BCUT2D eigenvalue weighted by Crippen LogP contribution is 2.27. The molecular formula is C20H26FN5OS. The molecule has 0 radical (unpaired) electrons. The maximum absolute atomic E-state index is 14.2. The van der Waals surface area contributed by atoms with Crippen LogP contribution in [0.3, 0.4) is 0 Å². The van der Waals surface area contributed by atoms with Crippen LogP contribution in [0.4, 0.5) is 4.39 Å². The maximum atomic E-state index is 14.2. The van der Waals surface area contributed by atoms with Crippen molar-refractivity contribution in [1.29, 1.82) is 5.26 Å². The second kappa shape index (κ2) is 9.20. The Bertz CT molecular complexity index is 874. The van der Waals surface area contributed by atoms with Crippen molar-refractivity contribution in [2.24, 2.45) is 11.8 Å². The summed E-state index contributed by atoms with van der Waals surface area (Å²) in [4.78, 5) is 12.4. The van der Waals surface area contributed by atoms with Crippen LogP contribution in [0.1, 0.15) is 34.6 Å². The maximum Gasteiger partial charge on any atom is 0.231 e. The number of carbonyl (C=O) groups is 1. The minimum Gasteiger partial charge on any atom is -0.337 e.